The molecule has 1 atom stereocenters. The Labute approximate surface area is 144 Å². The van der Waals surface area contributed by atoms with Crippen molar-refractivity contribution < 1.29 is 8.42 Å². The van der Waals surface area contributed by atoms with Gasteiger partial charge < -0.3 is 5.32 Å². The molecule has 0 bridgehead atoms. The molecule has 1 N–H and O–H groups in total. The average molecular weight is 347 g/mol. The molecule has 1 saturated heterocycles. The van der Waals surface area contributed by atoms with Crippen LogP contribution in [0, 0.1) is 5.92 Å². The fraction of sp³-hybridized carbons (Fsp3) is 0.500. The molecule has 0 spiro atoms. The molecule has 0 unspecified atom stereocenters. The van der Waals surface area contributed by atoms with Gasteiger partial charge in [-0.2, -0.15) is 5.10 Å². The van der Waals surface area contributed by atoms with Crippen LogP contribution in [-0.4, -0.2) is 36.2 Å². The Balaban J connectivity index is 1.50. The summed E-state index contributed by atoms with van der Waals surface area (Å²) in [7, 11) is -2.77. The van der Waals surface area contributed by atoms with Crippen molar-refractivity contribution in [2.75, 3.05) is 18.1 Å². The molecule has 0 saturated carbocycles. The molecule has 6 heteroatoms. The Kier molecular flexibility index (Phi) is 5.36. The highest BCUT2D eigenvalue weighted by Crippen LogP contribution is 2.20. The van der Waals surface area contributed by atoms with Gasteiger partial charge in [-0.15, -0.1) is 0 Å². The van der Waals surface area contributed by atoms with Crippen LogP contribution in [0.15, 0.2) is 42.7 Å². The number of aromatic nitrogens is 2. The molecule has 1 aliphatic rings. The van der Waals surface area contributed by atoms with E-state index in [1.54, 1.807) is 0 Å². The topological polar surface area (TPSA) is 64.0 Å². The third kappa shape index (κ3) is 4.68. The summed E-state index contributed by atoms with van der Waals surface area (Å²) in [5, 5.41) is 7.97. The molecule has 5 nitrogen and oxygen atoms in total. The van der Waals surface area contributed by atoms with Gasteiger partial charge in [0.05, 0.1) is 24.2 Å². The van der Waals surface area contributed by atoms with Crippen LogP contribution in [0.4, 0.5) is 0 Å². The first-order valence-corrected chi connectivity index (χ1v) is 10.3. The summed E-state index contributed by atoms with van der Waals surface area (Å²) in [5.74, 6) is 1.13. The fourth-order valence-corrected chi connectivity index (χ4v) is 4.65. The van der Waals surface area contributed by atoms with Crippen LogP contribution in [-0.2, 0) is 16.4 Å². The molecule has 1 fully saturated rings. The van der Waals surface area contributed by atoms with E-state index in [0.29, 0.717) is 17.4 Å². The van der Waals surface area contributed by atoms with Gasteiger partial charge in [0.25, 0.3) is 0 Å². The number of hydrogen-bond acceptors (Lipinski definition) is 4. The summed E-state index contributed by atoms with van der Waals surface area (Å²) >= 11 is 0. The Morgan fingerprint density at radius 1 is 1.25 bits per heavy atom. The Morgan fingerprint density at radius 2 is 1.96 bits per heavy atom. The van der Waals surface area contributed by atoms with Crippen molar-refractivity contribution in [2.45, 2.75) is 32.4 Å². The average Bonchev–Trinajstić information content (AvgIpc) is 3.03. The minimum atomic E-state index is -2.77. The molecular weight excluding hydrogens is 322 g/mol. The van der Waals surface area contributed by atoms with E-state index in [9.17, 15) is 8.42 Å². The molecule has 130 valence electrons. The highest BCUT2D eigenvalue weighted by atomic mass is 32.2. The van der Waals surface area contributed by atoms with E-state index in [1.807, 2.05) is 29.1 Å². The number of rotatable bonds is 6. The van der Waals surface area contributed by atoms with Gasteiger partial charge in [0.1, 0.15) is 9.84 Å². The van der Waals surface area contributed by atoms with Crippen LogP contribution in [0.2, 0.25) is 0 Å². The van der Waals surface area contributed by atoms with E-state index < -0.39 is 9.84 Å². The fourth-order valence-electron chi connectivity index (χ4n) is 3.06. The van der Waals surface area contributed by atoms with E-state index in [0.717, 1.165) is 31.5 Å². The van der Waals surface area contributed by atoms with Crippen molar-refractivity contribution in [3.05, 3.63) is 53.9 Å². The Morgan fingerprint density at radius 3 is 2.67 bits per heavy atom. The molecule has 24 heavy (non-hydrogen) atoms. The van der Waals surface area contributed by atoms with E-state index in [2.05, 4.69) is 35.7 Å². The van der Waals surface area contributed by atoms with Crippen LogP contribution in [0.3, 0.4) is 0 Å². The minimum Gasteiger partial charge on any atom is -0.310 e. The molecule has 0 radical (unpaired) electrons. The van der Waals surface area contributed by atoms with Gasteiger partial charge in [-0.3, -0.25) is 4.68 Å². The van der Waals surface area contributed by atoms with Gasteiger partial charge in [0.15, 0.2) is 0 Å². The number of nitrogens with zero attached hydrogens (tertiary/aromatic N) is 2. The molecule has 0 amide bonds. The summed E-state index contributed by atoms with van der Waals surface area (Å²) in [6.07, 6.45) is 5.53. The van der Waals surface area contributed by atoms with E-state index in [4.69, 9.17) is 0 Å². The Hall–Kier alpha value is -1.66. The largest absolute Gasteiger partial charge is 0.310 e. The predicted molar refractivity (Wildman–Crippen MR) is 95.6 cm³/mol. The predicted octanol–water partition coefficient (Wildman–Crippen LogP) is 2.41. The van der Waals surface area contributed by atoms with Gasteiger partial charge in [0, 0.05) is 17.8 Å². The molecule has 3 rings (SSSR count). The first-order valence-electron chi connectivity index (χ1n) is 8.52. The first-order chi connectivity index (χ1) is 11.5. The zero-order valence-corrected chi connectivity index (χ0v) is 14.9. The van der Waals surface area contributed by atoms with Crippen LogP contribution < -0.4 is 5.32 Å². The maximum Gasteiger partial charge on any atom is 0.150 e. The van der Waals surface area contributed by atoms with Crippen molar-refractivity contribution in [3.8, 4) is 0 Å². The molecule has 1 aromatic heterocycles. The van der Waals surface area contributed by atoms with Crippen LogP contribution in [0.5, 0.6) is 0 Å². The second kappa shape index (κ2) is 7.49. The second-order valence-corrected chi connectivity index (χ2v) is 8.99. The monoisotopic (exact) mass is 347 g/mol. The molecule has 1 aromatic carbocycles. The SMILES string of the molecule is C[C@H](NCC1CCS(=O)(=O)CC1)c1cnn(Cc2ccccc2)c1. The van der Waals surface area contributed by atoms with Gasteiger partial charge >= 0.3 is 0 Å². The maximum absolute atomic E-state index is 11.5. The lowest BCUT2D eigenvalue weighted by Gasteiger charge is -2.23. The number of sulfone groups is 1. The van der Waals surface area contributed by atoms with Crippen molar-refractivity contribution >= 4 is 9.84 Å². The van der Waals surface area contributed by atoms with Crippen molar-refractivity contribution in [3.63, 3.8) is 0 Å². The van der Waals surface area contributed by atoms with E-state index in [1.165, 1.54) is 5.56 Å². The van der Waals surface area contributed by atoms with Gasteiger partial charge in [-0.25, -0.2) is 8.42 Å². The number of hydrogen-bond donors (Lipinski definition) is 1. The molecule has 2 aromatic rings. The Bertz CT molecular complexity index is 742. The summed E-state index contributed by atoms with van der Waals surface area (Å²) in [5.41, 5.74) is 2.39. The highest BCUT2D eigenvalue weighted by Gasteiger charge is 2.23. The lowest BCUT2D eigenvalue weighted by atomic mass is 10.0. The maximum atomic E-state index is 11.5. The first kappa shape index (κ1) is 17.2. The molecule has 2 heterocycles. The summed E-state index contributed by atoms with van der Waals surface area (Å²) in [6.45, 7) is 3.76. The van der Waals surface area contributed by atoms with Crippen molar-refractivity contribution in [1.29, 1.82) is 0 Å². The molecular formula is C18H25N3O2S. The smallest absolute Gasteiger partial charge is 0.150 e. The third-order valence-corrected chi connectivity index (χ3v) is 6.44. The normalized spacial score (nSPS) is 19.2. The zero-order chi connectivity index (χ0) is 17.0. The quantitative estimate of drug-likeness (QED) is 0.871. The van der Waals surface area contributed by atoms with Gasteiger partial charge in [-0.1, -0.05) is 30.3 Å². The second-order valence-electron chi connectivity index (χ2n) is 6.68. The van der Waals surface area contributed by atoms with Crippen molar-refractivity contribution in [1.82, 2.24) is 15.1 Å². The molecule has 0 aliphatic carbocycles. The standard InChI is InChI=1S/C18H25N3O2S/c1-15(19-11-16-7-9-24(22,23)10-8-16)18-12-20-21(14-18)13-17-5-3-2-4-6-17/h2-6,12,14-16,19H,7-11,13H2,1H3/t15-/m0/s1. The van der Waals surface area contributed by atoms with Crippen LogP contribution >= 0.6 is 0 Å². The zero-order valence-electron chi connectivity index (χ0n) is 14.1. The number of benzene rings is 1. The summed E-state index contributed by atoms with van der Waals surface area (Å²) in [4.78, 5) is 0. The van der Waals surface area contributed by atoms with Gasteiger partial charge in [0.2, 0.25) is 0 Å². The van der Waals surface area contributed by atoms with Crippen molar-refractivity contribution in [2.24, 2.45) is 5.92 Å². The van der Waals surface area contributed by atoms with E-state index >= 15 is 0 Å². The van der Waals surface area contributed by atoms with Crippen LogP contribution in [0.1, 0.15) is 36.9 Å². The summed E-state index contributed by atoms with van der Waals surface area (Å²) in [6, 6.07) is 10.5. The molecule has 1 aliphatic heterocycles. The third-order valence-electron chi connectivity index (χ3n) is 4.73. The summed E-state index contributed by atoms with van der Waals surface area (Å²) < 4.78 is 24.9. The highest BCUT2D eigenvalue weighted by molar-refractivity contribution is 7.91. The number of nitrogens with one attached hydrogen (secondary N) is 1. The minimum absolute atomic E-state index is 0.216. The lowest BCUT2D eigenvalue weighted by Crippen LogP contribution is -2.32. The van der Waals surface area contributed by atoms with Gasteiger partial charge in [-0.05, 0) is 37.8 Å². The van der Waals surface area contributed by atoms with E-state index in [-0.39, 0.29) is 6.04 Å². The lowest BCUT2D eigenvalue weighted by molar-refractivity contribution is 0.410. The van der Waals surface area contributed by atoms with Crippen LogP contribution in [0.25, 0.3) is 0 Å².